The molecule has 0 unspecified atom stereocenters. The molecule has 170 valence electrons. The molecule has 3 aromatic carbocycles. The van der Waals surface area contributed by atoms with Crippen LogP contribution in [0.1, 0.15) is 27.0 Å². The number of carboxylic acid groups (broad SMARTS) is 1. The van der Waals surface area contributed by atoms with Crippen LogP contribution in [0.15, 0.2) is 88.9 Å². The summed E-state index contributed by atoms with van der Waals surface area (Å²) in [5.74, 6) is -1.65. The van der Waals surface area contributed by atoms with E-state index < -0.39 is 28.4 Å². The van der Waals surface area contributed by atoms with E-state index in [1.807, 2.05) is 13.0 Å². The molecule has 1 amide bonds. The predicted octanol–water partition coefficient (Wildman–Crippen LogP) is 3.03. The number of amides is 1. The van der Waals surface area contributed by atoms with Gasteiger partial charge in [-0.3, -0.25) is 4.79 Å². The summed E-state index contributed by atoms with van der Waals surface area (Å²) >= 11 is 0. The maximum atomic E-state index is 13.2. The van der Waals surface area contributed by atoms with E-state index in [1.54, 1.807) is 48.5 Å². The van der Waals surface area contributed by atoms with Gasteiger partial charge in [-0.1, -0.05) is 60.2 Å². The van der Waals surface area contributed by atoms with Gasteiger partial charge in [0.25, 0.3) is 5.91 Å². The van der Waals surface area contributed by atoms with Crippen LogP contribution in [0.4, 0.5) is 0 Å². The standard InChI is InChI=1S/C24H23N3O5S/c1-18-7-13-22(14-8-18)33(31,32)27(16-20-5-3-2-4-6-20)17-23(28)26-25-15-19-9-11-21(12-10-19)24(29)30/h2-15H,16-17H2,1H3,(H,26,28)(H,29,30)/b25-15-. The SMILES string of the molecule is Cc1ccc(S(=O)(=O)N(CC(=O)N/N=C\c2ccc(C(=O)O)cc2)Cc2ccccc2)cc1. The highest BCUT2D eigenvalue weighted by atomic mass is 32.2. The average Bonchev–Trinajstić information content (AvgIpc) is 2.80. The molecule has 3 aromatic rings. The largest absolute Gasteiger partial charge is 0.478 e. The lowest BCUT2D eigenvalue weighted by Gasteiger charge is -2.21. The fourth-order valence-electron chi connectivity index (χ4n) is 2.96. The van der Waals surface area contributed by atoms with Gasteiger partial charge in [-0.25, -0.2) is 18.6 Å². The van der Waals surface area contributed by atoms with Gasteiger partial charge in [0.2, 0.25) is 10.0 Å². The lowest BCUT2D eigenvalue weighted by atomic mass is 10.1. The molecule has 0 radical (unpaired) electrons. The third-order valence-electron chi connectivity index (χ3n) is 4.74. The van der Waals surface area contributed by atoms with Crippen LogP contribution in [0.2, 0.25) is 0 Å². The third kappa shape index (κ3) is 6.58. The first-order chi connectivity index (χ1) is 15.8. The van der Waals surface area contributed by atoms with E-state index in [4.69, 9.17) is 5.11 Å². The Morgan fingerprint density at radius 2 is 1.61 bits per heavy atom. The van der Waals surface area contributed by atoms with Crippen molar-refractivity contribution in [2.24, 2.45) is 5.10 Å². The van der Waals surface area contributed by atoms with E-state index in [0.717, 1.165) is 15.4 Å². The minimum Gasteiger partial charge on any atom is -0.478 e. The molecule has 3 rings (SSSR count). The van der Waals surface area contributed by atoms with Crippen LogP contribution in [0, 0.1) is 6.92 Å². The maximum absolute atomic E-state index is 13.2. The molecule has 9 heteroatoms. The molecule has 33 heavy (non-hydrogen) atoms. The molecule has 0 bridgehead atoms. The molecule has 0 aliphatic heterocycles. The molecule has 0 saturated carbocycles. The van der Waals surface area contributed by atoms with E-state index >= 15 is 0 Å². The highest BCUT2D eigenvalue weighted by Gasteiger charge is 2.26. The number of carbonyl (C=O) groups is 2. The van der Waals surface area contributed by atoms with Gasteiger partial charge in [0.1, 0.15) is 0 Å². The Morgan fingerprint density at radius 3 is 2.21 bits per heavy atom. The van der Waals surface area contributed by atoms with Gasteiger partial charge in [-0.05, 0) is 42.3 Å². The van der Waals surface area contributed by atoms with Crippen LogP contribution in [-0.2, 0) is 21.4 Å². The minimum atomic E-state index is -3.94. The van der Waals surface area contributed by atoms with Crippen molar-refractivity contribution < 1.29 is 23.1 Å². The molecule has 0 saturated heterocycles. The number of aromatic carboxylic acids is 1. The average molecular weight is 466 g/mol. The summed E-state index contributed by atoms with van der Waals surface area (Å²) in [5, 5.41) is 12.8. The molecule has 8 nitrogen and oxygen atoms in total. The number of benzene rings is 3. The van der Waals surface area contributed by atoms with E-state index in [-0.39, 0.29) is 17.0 Å². The van der Waals surface area contributed by atoms with Crippen LogP contribution in [0.3, 0.4) is 0 Å². The maximum Gasteiger partial charge on any atom is 0.335 e. The Balaban J connectivity index is 1.74. The fourth-order valence-corrected chi connectivity index (χ4v) is 4.34. The number of rotatable bonds is 9. The van der Waals surface area contributed by atoms with Crippen LogP contribution in [0.5, 0.6) is 0 Å². The number of nitrogens with one attached hydrogen (secondary N) is 1. The quantitative estimate of drug-likeness (QED) is 0.372. The zero-order valence-electron chi connectivity index (χ0n) is 17.9. The van der Waals surface area contributed by atoms with Crippen LogP contribution in [-0.4, -0.2) is 42.5 Å². The van der Waals surface area contributed by atoms with Crippen molar-refractivity contribution in [2.45, 2.75) is 18.4 Å². The Morgan fingerprint density at radius 1 is 0.970 bits per heavy atom. The number of hydrazone groups is 1. The Bertz CT molecular complexity index is 1240. The normalized spacial score (nSPS) is 11.6. The highest BCUT2D eigenvalue weighted by Crippen LogP contribution is 2.19. The van der Waals surface area contributed by atoms with E-state index in [0.29, 0.717) is 5.56 Å². The smallest absolute Gasteiger partial charge is 0.335 e. The van der Waals surface area contributed by atoms with Gasteiger partial charge in [-0.15, -0.1) is 0 Å². The van der Waals surface area contributed by atoms with E-state index in [2.05, 4.69) is 10.5 Å². The second-order valence-corrected chi connectivity index (χ2v) is 9.23. The Labute approximate surface area is 192 Å². The summed E-state index contributed by atoms with van der Waals surface area (Å²) in [6.07, 6.45) is 1.35. The molecule has 0 aliphatic rings. The predicted molar refractivity (Wildman–Crippen MR) is 124 cm³/mol. The summed E-state index contributed by atoms with van der Waals surface area (Å²) in [7, 11) is -3.94. The summed E-state index contributed by atoms with van der Waals surface area (Å²) in [6, 6.07) is 21.3. The van der Waals surface area contributed by atoms with Gasteiger partial charge in [0.15, 0.2) is 0 Å². The molecule has 0 spiro atoms. The number of carbonyl (C=O) groups excluding carboxylic acids is 1. The number of carboxylic acids is 1. The zero-order chi connectivity index (χ0) is 23.8. The molecule has 0 aliphatic carbocycles. The van der Waals surface area contributed by atoms with Crippen molar-refractivity contribution in [3.8, 4) is 0 Å². The van der Waals surface area contributed by atoms with Crippen molar-refractivity contribution in [1.82, 2.24) is 9.73 Å². The highest BCUT2D eigenvalue weighted by molar-refractivity contribution is 7.89. The number of hydrogen-bond acceptors (Lipinski definition) is 5. The number of aryl methyl sites for hydroxylation is 1. The number of nitrogens with zero attached hydrogens (tertiary/aromatic N) is 2. The molecular weight excluding hydrogens is 442 g/mol. The van der Waals surface area contributed by atoms with Crippen LogP contribution in [0.25, 0.3) is 0 Å². The molecule has 0 fully saturated rings. The zero-order valence-corrected chi connectivity index (χ0v) is 18.7. The van der Waals surface area contributed by atoms with Gasteiger partial charge >= 0.3 is 5.97 Å². The first kappa shape index (κ1) is 23.8. The monoisotopic (exact) mass is 465 g/mol. The third-order valence-corrected chi connectivity index (χ3v) is 6.55. The van der Waals surface area contributed by atoms with Crippen LogP contribution < -0.4 is 5.43 Å². The Kier molecular flexibility index (Phi) is 7.70. The molecule has 2 N–H and O–H groups in total. The van der Waals surface area contributed by atoms with Crippen molar-refractivity contribution in [1.29, 1.82) is 0 Å². The second kappa shape index (κ2) is 10.7. The molecule has 0 aromatic heterocycles. The minimum absolute atomic E-state index is 0.0187. The number of hydrogen-bond donors (Lipinski definition) is 2. The van der Waals surface area contributed by atoms with Crippen molar-refractivity contribution in [3.63, 3.8) is 0 Å². The fraction of sp³-hybridized carbons (Fsp3) is 0.125. The van der Waals surface area contributed by atoms with Crippen molar-refractivity contribution in [2.75, 3.05) is 6.54 Å². The van der Waals surface area contributed by atoms with Gasteiger partial charge < -0.3 is 5.11 Å². The first-order valence-corrected chi connectivity index (χ1v) is 11.5. The van der Waals surface area contributed by atoms with Crippen molar-refractivity contribution in [3.05, 3.63) is 101 Å². The van der Waals surface area contributed by atoms with Gasteiger partial charge in [0, 0.05) is 6.54 Å². The van der Waals surface area contributed by atoms with Gasteiger partial charge in [0.05, 0.1) is 23.2 Å². The van der Waals surface area contributed by atoms with Crippen LogP contribution >= 0.6 is 0 Å². The van der Waals surface area contributed by atoms with Gasteiger partial charge in [-0.2, -0.15) is 9.41 Å². The number of sulfonamides is 1. The van der Waals surface area contributed by atoms with E-state index in [1.165, 1.54) is 30.5 Å². The Hall–Kier alpha value is -3.82. The summed E-state index contributed by atoms with van der Waals surface area (Å²) in [4.78, 5) is 23.5. The second-order valence-electron chi connectivity index (χ2n) is 7.29. The van der Waals surface area contributed by atoms with Crippen molar-refractivity contribution >= 4 is 28.1 Å². The molecule has 0 atom stereocenters. The molecule has 0 heterocycles. The lowest BCUT2D eigenvalue weighted by molar-refractivity contribution is -0.121. The summed E-state index contributed by atoms with van der Waals surface area (Å²) < 4.78 is 27.5. The molecular formula is C24H23N3O5S. The first-order valence-electron chi connectivity index (χ1n) is 10.0. The topological polar surface area (TPSA) is 116 Å². The van der Waals surface area contributed by atoms with E-state index in [9.17, 15) is 18.0 Å². The summed E-state index contributed by atoms with van der Waals surface area (Å²) in [6.45, 7) is 1.45. The lowest BCUT2D eigenvalue weighted by Crippen LogP contribution is -2.39. The summed E-state index contributed by atoms with van der Waals surface area (Å²) in [5.41, 5.74) is 4.70.